The first-order valence-electron chi connectivity index (χ1n) is 7.11. The molecule has 1 aromatic rings. The topological polar surface area (TPSA) is 41.6 Å². The van der Waals surface area contributed by atoms with Crippen molar-refractivity contribution in [3.05, 3.63) is 24.0 Å². The minimum atomic E-state index is -0.374. The number of anilines is 1. The molecule has 0 spiro atoms. The molecule has 3 rings (SSSR count). The van der Waals surface area contributed by atoms with Gasteiger partial charge in [0.05, 0.1) is 6.10 Å². The molecule has 1 aliphatic carbocycles. The van der Waals surface area contributed by atoms with Gasteiger partial charge in [-0.25, -0.2) is 4.39 Å². The van der Waals surface area contributed by atoms with Crippen LogP contribution in [0.3, 0.4) is 0 Å². The maximum Gasteiger partial charge on any atom is 0.244 e. The summed E-state index contributed by atoms with van der Waals surface area (Å²) in [6, 6.07) is 4.55. The number of carbonyl (C=O) groups excluding carboxylic acids is 1. The van der Waals surface area contributed by atoms with Gasteiger partial charge < -0.3 is 15.0 Å². The molecule has 1 aromatic carbocycles. The molecule has 108 valence electrons. The zero-order valence-corrected chi connectivity index (χ0v) is 11.6. The second-order valence-electron chi connectivity index (χ2n) is 5.56. The Kier molecular flexibility index (Phi) is 3.51. The van der Waals surface area contributed by atoms with E-state index < -0.39 is 0 Å². The number of halogens is 1. The minimum absolute atomic E-state index is 0.0557. The summed E-state index contributed by atoms with van der Waals surface area (Å²) in [5.41, 5.74) is 0.622. The van der Waals surface area contributed by atoms with Gasteiger partial charge >= 0.3 is 0 Å². The lowest BCUT2D eigenvalue weighted by atomic mass is 9.96. The summed E-state index contributed by atoms with van der Waals surface area (Å²) in [4.78, 5) is 13.5. The van der Waals surface area contributed by atoms with Crippen molar-refractivity contribution in [2.75, 3.05) is 18.9 Å². The first kappa shape index (κ1) is 13.2. The number of carbonyl (C=O) groups is 1. The summed E-state index contributed by atoms with van der Waals surface area (Å²) in [5.74, 6) is -0.0176. The lowest BCUT2D eigenvalue weighted by Gasteiger charge is -2.26. The van der Waals surface area contributed by atoms with E-state index in [1.807, 2.05) is 0 Å². The van der Waals surface area contributed by atoms with Crippen molar-refractivity contribution in [1.82, 2.24) is 4.90 Å². The number of hydrogen-bond acceptors (Lipinski definition) is 3. The second-order valence-corrected chi connectivity index (χ2v) is 5.56. The summed E-state index contributed by atoms with van der Waals surface area (Å²) in [7, 11) is 1.78. The highest BCUT2D eigenvalue weighted by molar-refractivity contribution is 5.86. The van der Waals surface area contributed by atoms with Gasteiger partial charge in [0, 0.05) is 25.3 Å². The predicted molar refractivity (Wildman–Crippen MR) is 74.3 cm³/mol. The van der Waals surface area contributed by atoms with Crippen LogP contribution >= 0.6 is 0 Å². The van der Waals surface area contributed by atoms with Gasteiger partial charge in [0.1, 0.15) is 6.04 Å². The maximum atomic E-state index is 14.0. The molecule has 1 saturated carbocycles. The van der Waals surface area contributed by atoms with E-state index in [1.54, 1.807) is 24.1 Å². The zero-order chi connectivity index (χ0) is 14.1. The van der Waals surface area contributed by atoms with Crippen molar-refractivity contribution >= 4 is 11.6 Å². The van der Waals surface area contributed by atoms with E-state index in [-0.39, 0.29) is 23.9 Å². The van der Waals surface area contributed by atoms with Gasteiger partial charge in [0.25, 0.3) is 0 Å². The zero-order valence-electron chi connectivity index (χ0n) is 11.6. The Morgan fingerprint density at radius 3 is 2.70 bits per heavy atom. The van der Waals surface area contributed by atoms with Crippen molar-refractivity contribution in [2.45, 2.75) is 37.8 Å². The number of likely N-dealkylation sites (N-methyl/N-ethyl adjacent to an activating group) is 1. The van der Waals surface area contributed by atoms with Crippen LogP contribution in [0.1, 0.15) is 25.7 Å². The van der Waals surface area contributed by atoms with E-state index in [1.165, 1.54) is 6.07 Å². The van der Waals surface area contributed by atoms with E-state index in [2.05, 4.69) is 5.32 Å². The number of ether oxygens (including phenoxy) is 1. The highest BCUT2D eigenvalue weighted by Gasteiger charge is 2.29. The Morgan fingerprint density at radius 2 is 2.15 bits per heavy atom. The Balaban J connectivity index is 1.65. The quantitative estimate of drug-likeness (QED) is 0.919. The first-order chi connectivity index (χ1) is 9.63. The van der Waals surface area contributed by atoms with Gasteiger partial charge in [-0.2, -0.15) is 0 Å². The fourth-order valence-corrected chi connectivity index (χ4v) is 2.51. The smallest absolute Gasteiger partial charge is 0.244 e. The standard InChI is InChI=1S/C15H19FN2O2/c1-18-8-7-13(15(18)19)17-10-5-6-14(12(16)9-10)20-11-3-2-4-11/h5-6,9,11,13,17H,2-4,7-8H2,1H3/t13-/m1/s1. The highest BCUT2D eigenvalue weighted by atomic mass is 19.1. The molecule has 1 amide bonds. The molecular weight excluding hydrogens is 259 g/mol. The van der Waals surface area contributed by atoms with Gasteiger partial charge in [-0.3, -0.25) is 4.79 Å². The molecule has 1 atom stereocenters. The third-order valence-corrected chi connectivity index (χ3v) is 4.05. The molecule has 2 aliphatic rings. The van der Waals surface area contributed by atoms with Crippen molar-refractivity contribution in [3.8, 4) is 5.75 Å². The molecule has 1 heterocycles. The van der Waals surface area contributed by atoms with Crippen LogP contribution in [0, 0.1) is 5.82 Å². The summed E-state index contributed by atoms with van der Waals surface area (Å²) in [6.45, 7) is 0.738. The average molecular weight is 278 g/mol. The number of benzene rings is 1. The fraction of sp³-hybridized carbons (Fsp3) is 0.533. The lowest BCUT2D eigenvalue weighted by Crippen LogP contribution is -2.31. The Morgan fingerprint density at radius 1 is 1.35 bits per heavy atom. The normalized spacial score (nSPS) is 22.8. The largest absolute Gasteiger partial charge is 0.487 e. The van der Waals surface area contributed by atoms with Gasteiger partial charge in [-0.1, -0.05) is 0 Å². The van der Waals surface area contributed by atoms with Crippen molar-refractivity contribution in [3.63, 3.8) is 0 Å². The van der Waals surface area contributed by atoms with E-state index >= 15 is 0 Å². The number of nitrogens with one attached hydrogen (secondary N) is 1. The predicted octanol–water partition coefficient (Wildman–Crippen LogP) is 2.40. The molecule has 4 nitrogen and oxygen atoms in total. The number of amides is 1. The summed E-state index contributed by atoms with van der Waals surface area (Å²) >= 11 is 0. The van der Waals surface area contributed by atoms with Crippen LogP contribution < -0.4 is 10.1 Å². The molecule has 0 unspecified atom stereocenters. The molecule has 0 aromatic heterocycles. The SMILES string of the molecule is CN1CC[C@@H](Nc2ccc(OC3CCC3)c(F)c2)C1=O. The monoisotopic (exact) mass is 278 g/mol. The summed E-state index contributed by atoms with van der Waals surface area (Å²) in [5, 5.41) is 3.08. The average Bonchev–Trinajstić information content (AvgIpc) is 2.68. The third-order valence-electron chi connectivity index (χ3n) is 4.05. The fourth-order valence-electron chi connectivity index (χ4n) is 2.51. The second kappa shape index (κ2) is 5.31. The third kappa shape index (κ3) is 2.57. The molecule has 20 heavy (non-hydrogen) atoms. The molecular formula is C15H19FN2O2. The summed E-state index contributed by atoms with van der Waals surface area (Å²) < 4.78 is 19.5. The van der Waals surface area contributed by atoms with Crippen molar-refractivity contribution < 1.29 is 13.9 Å². The molecule has 1 N–H and O–H groups in total. The Hall–Kier alpha value is -1.78. The number of nitrogens with zero attached hydrogens (tertiary/aromatic N) is 1. The van der Waals surface area contributed by atoms with Gasteiger partial charge in [0.15, 0.2) is 11.6 Å². The van der Waals surface area contributed by atoms with Gasteiger partial charge in [0.2, 0.25) is 5.91 Å². The van der Waals surface area contributed by atoms with Crippen LogP contribution in [0.25, 0.3) is 0 Å². The van der Waals surface area contributed by atoms with E-state index in [0.717, 1.165) is 32.2 Å². The number of hydrogen-bond donors (Lipinski definition) is 1. The molecule has 5 heteroatoms. The molecule has 2 fully saturated rings. The number of likely N-dealkylation sites (tertiary alicyclic amines) is 1. The van der Waals surface area contributed by atoms with Crippen molar-refractivity contribution in [2.24, 2.45) is 0 Å². The minimum Gasteiger partial charge on any atom is -0.487 e. The van der Waals surface area contributed by atoms with Crippen LogP contribution in [0.15, 0.2) is 18.2 Å². The van der Waals surface area contributed by atoms with Crippen LogP contribution in [-0.4, -0.2) is 36.5 Å². The highest BCUT2D eigenvalue weighted by Crippen LogP contribution is 2.29. The van der Waals surface area contributed by atoms with E-state index in [0.29, 0.717) is 11.4 Å². The lowest BCUT2D eigenvalue weighted by molar-refractivity contribution is -0.127. The van der Waals surface area contributed by atoms with Crippen LogP contribution in [0.5, 0.6) is 5.75 Å². The maximum absolute atomic E-state index is 14.0. The Labute approximate surface area is 117 Å². The summed E-state index contributed by atoms with van der Waals surface area (Å²) in [6.07, 6.45) is 4.07. The Bertz CT molecular complexity index is 517. The molecule has 1 saturated heterocycles. The van der Waals surface area contributed by atoms with Gasteiger partial charge in [-0.05, 0) is 37.8 Å². The van der Waals surface area contributed by atoms with E-state index in [9.17, 15) is 9.18 Å². The van der Waals surface area contributed by atoms with Gasteiger partial charge in [-0.15, -0.1) is 0 Å². The molecule has 0 bridgehead atoms. The first-order valence-corrected chi connectivity index (χ1v) is 7.11. The van der Waals surface area contributed by atoms with E-state index in [4.69, 9.17) is 4.74 Å². The molecule has 1 aliphatic heterocycles. The van der Waals surface area contributed by atoms with Crippen LogP contribution in [-0.2, 0) is 4.79 Å². The molecule has 0 radical (unpaired) electrons. The number of rotatable bonds is 4. The van der Waals surface area contributed by atoms with Crippen molar-refractivity contribution in [1.29, 1.82) is 0 Å². The van der Waals surface area contributed by atoms with Crippen LogP contribution in [0.4, 0.5) is 10.1 Å². The van der Waals surface area contributed by atoms with Crippen LogP contribution in [0.2, 0.25) is 0 Å².